The molecule has 0 bridgehead atoms. The third kappa shape index (κ3) is 3.07. The summed E-state index contributed by atoms with van der Waals surface area (Å²) < 4.78 is 0. The first kappa shape index (κ1) is 11.2. The van der Waals surface area contributed by atoms with Crippen molar-refractivity contribution < 1.29 is 10.0 Å². The molecule has 15 heavy (non-hydrogen) atoms. The van der Waals surface area contributed by atoms with Gasteiger partial charge in [0.25, 0.3) is 5.91 Å². The van der Waals surface area contributed by atoms with Crippen molar-refractivity contribution in [1.29, 1.82) is 0 Å². The van der Waals surface area contributed by atoms with E-state index in [1.807, 2.05) is 5.48 Å². The number of hydrogen-bond donors (Lipinski definition) is 2. The fraction of sp³-hybridized carbons (Fsp3) is 0.200. The van der Waals surface area contributed by atoms with Gasteiger partial charge in [-0.2, -0.15) is 4.99 Å². The highest BCUT2D eigenvalue weighted by Crippen LogP contribution is 2.14. The lowest BCUT2D eigenvalue weighted by Gasteiger charge is -2.05. The van der Waals surface area contributed by atoms with Crippen LogP contribution in [-0.2, 0) is 0 Å². The Bertz CT molecular complexity index is 375. The third-order valence-corrected chi connectivity index (χ3v) is 1.68. The fourth-order valence-electron chi connectivity index (χ4n) is 1.00. The van der Waals surface area contributed by atoms with Crippen molar-refractivity contribution in [2.75, 3.05) is 19.6 Å². The van der Waals surface area contributed by atoms with Crippen molar-refractivity contribution in [3.8, 4) is 0 Å². The van der Waals surface area contributed by atoms with Gasteiger partial charge in [-0.05, 0) is 12.1 Å². The van der Waals surface area contributed by atoms with Gasteiger partial charge in [0, 0.05) is 14.1 Å². The van der Waals surface area contributed by atoms with Crippen molar-refractivity contribution in [3.63, 3.8) is 0 Å². The Labute approximate surface area is 88.0 Å². The molecule has 1 amide bonds. The number of hydrogen-bond acceptors (Lipinski definition) is 3. The SMILES string of the molecule is CN(C)C=NC(=O)c1ccccc1NO. The van der Waals surface area contributed by atoms with Crippen LogP contribution in [0.4, 0.5) is 5.69 Å². The fourth-order valence-corrected chi connectivity index (χ4v) is 1.00. The molecule has 0 heterocycles. The molecule has 0 fully saturated rings. The normalized spacial score (nSPS) is 10.3. The first-order valence-electron chi connectivity index (χ1n) is 4.39. The minimum atomic E-state index is -0.402. The summed E-state index contributed by atoms with van der Waals surface area (Å²) in [6.45, 7) is 0. The summed E-state index contributed by atoms with van der Waals surface area (Å²) >= 11 is 0. The summed E-state index contributed by atoms with van der Waals surface area (Å²) in [5.74, 6) is -0.402. The topological polar surface area (TPSA) is 64.9 Å². The molecule has 0 radical (unpaired) electrons. The van der Waals surface area contributed by atoms with Gasteiger partial charge in [0.05, 0.1) is 17.6 Å². The summed E-state index contributed by atoms with van der Waals surface area (Å²) in [6.07, 6.45) is 1.41. The molecule has 0 atom stereocenters. The van der Waals surface area contributed by atoms with Gasteiger partial charge in [-0.1, -0.05) is 12.1 Å². The van der Waals surface area contributed by atoms with E-state index >= 15 is 0 Å². The van der Waals surface area contributed by atoms with E-state index in [2.05, 4.69) is 4.99 Å². The summed E-state index contributed by atoms with van der Waals surface area (Å²) in [6, 6.07) is 6.61. The molecular formula is C10H13N3O2. The number of nitrogens with zero attached hydrogens (tertiary/aromatic N) is 2. The van der Waals surface area contributed by atoms with Gasteiger partial charge >= 0.3 is 0 Å². The zero-order chi connectivity index (χ0) is 11.3. The maximum absolute atomic E-state index is 11.6. The molecule has 0 aliphatic rings. The molecule has 2 N–H and O–H groups in total. The van der Waals surface area contributed by atoms with E-state index in [1.54, 1.807) is 43.3 Å². The predicted octanol–water partition coefficient (Wildman–Crippen LogP) is 1.22. The number of amides is 1. The van der Waals surface area contributed by atoms with Crippen molar-refractivity contribution in [1.82, 2.24) is 4.90 Å². The minimum Gasteiger partial charge on any atom is -0.369 e. The molecule has 5 nitrogen and oxygen atoms in total. The first-order valence-corrected chi connectivity index (χ1v) is 4.39. The van der Waals surface area contributed by atoms with E-state index < -0.39 is 5.91 Å². The van der Waals surface area contributed by atoms with Gasteiger partial charge in [0.15, 0.2) is 0 Å². The number of nitrogens with one attached hydrogen (secondary N) is 1. The van der Waals surface area contributed by atoms with Crippen LogP contribution >= 0.6 is 0 Å². The zero-order valence-electron chi connectivity index (χ0n) is 8.64. The van der Waals surface area contributed by atoms with Crippen molar-refractivity contribution in [2.45, 2.75) is 0 Å². The third-order valence-electron chi connectivity index (χ3n) is 1.68. The molecule has 1 aromatic carbocycles. The molecule has 0 aliphatic carbocycles. The van der Waals surface area contributed by atoms with Crippen LogP contribution in [0.15, 0.2) is 29.3 Å². The van der Waals surface area contributed by atoms with Crippen LogP contribution in [0.1, 0.15) is 10.4 Å². The van der Waals surface area contributed by atoms with Gasteiger partial charge in [0.1, 0.15) is 0 Å². The molecule has 0 spiro atoms. The highest BCUT2D eigenvalue weighted by atomic mass is 16.5. The van der Waals surface area contributed by atoms with E-state index in [4.69, 9.17) is 5.21 Å². The Hall–Kier alpha value is -1.88. The zero-order valence-corrected chi connectivity index (χ0v) is 8.64. The number of aliphatic imine (C=N–C) groups is 1. The van der Waals surface area contributed by atoms with Gasteiger partial charge < -0.3 is 4.90 Å². The molecule has 80 valence electrons. The second kappa shape index (κ2) is 5.11. The van der Waals surface area contributed by atoms with E-state index in [0.717, 1.165) is 0 Å². The first-order chi connectivity index (χ1) is 7.15. The summed E-state index contributed by atoms with van der Waals surface area (Å²) in [5, 5.41) is 8.78. The minimum absolute atomic E-state index is 0.332. The van der Waals surface area contributed by atoms with Crippen LogP contribution in [0.2, 0.25) is 0 Å². The largest absolute Gasteiger partial charge is 0.369 e. The predicted molar refractivity (Wildman–Crippen MR) is 58.4 cm³/mol. The number of rotatable bonds is 3. The van der Waals surface area contributed by atoms with E-state index in [1.165, 1.54) is 6.34 Å². The maximum Gasteiger partial charge on any atom is 0.280 e. The van der Waals surface area contributed by atoms with Crippen LogP contribution in [0.5, 0.6) is 0 Å². The van der Waals surface area contributed by atoms with Crippen LogP contribution in [0.3, 0.4) is 0 Å². The van der Waals surface area contributed by atoms with E-state index in [0.29, 0.717) is 11.3 Å². The average molecular weight is 207 g/mol. The average Bonchev–Trinajstić information content (AvgIpc) is 2.25. The smallest absolute Gasteiger partial charge is 0.280 e. The molecule has 1 aromatic rings. The standard InChI is InChI=1S/C10H13N3O2/c1-13(2)7-11-10(14)8-5-3-4-6-9(8)12-15/h3-7,12,15H,1-2H3. The molecule has 5 heteroatoms. The van der Waals surface area contributed by atoms with Crippen molar-refractivity contribution in [2.24, 2.45) is 4.99 Å². The van der Waals surface area contributed by atoms with Crippen molar-refractivity contribution >= 4 is 17.9 Å². The van der Waals surface area contributed by atoms with Gasteiger partial charge in [0.2, 0.25) is 0 Å². The molecule has 0 saturated carbocycles. The highest BCUT2D eigenvalue weighted by Gasteiger charge is 2.08. The second-order valence-corrected chi connectivity index (χ2v) is 3.17. The van der Waals surface area contributed by atoms with Crippen LogP contribution in [0, 0.1) is 0 Å². The molecule has 0 aliphatic heterocycles. The Morgan fingerprint density at radius 2 is 2.13 bits per heavy atom. The van der Waals surface area contributed by atoms with Crippen LogP contribution in [0.25, 0.3) is 0 Å². The van der Waals surface area contributed by atoms with Crippen LogP contribution in [-0.4, -0.2) is 36.4 Å². The molecular weight excluding hydrogens is 194 g/mol. The maximum atomic E-state index is 11.6. The second-order valence-electron chi connectivity index (χ2n) is 3.17. The Morgan fingerprint density at radius 3 is 2.73 bits per heavy atom. The summed E-state index contributed by atoms with van der Waals surface area (Å²) in [5.41, 5.74) is 2.63. The molecule has 0 aromatic heterocycles. The molecule has 0 saturated heterocycles. The Balaban J connectivity index is 2.91. The molecule has 1 rings (SSSR count). The lowest BCUT2D eigenvalue weighted by molar-refractivity contribution is 0.100. The summed E-state index contributed by atoms with van der Waals surface area (Å²) in [7, 11) is 3.54. The lowest BCUT2D eigenvalue weighted by Crippen LogP contribution is -2.10. The Morgan fingerprint density at radius 1 is 1.47 bits per heavy atom. The van der Waals surface area contributed by atoms with Crippen molar-refractivity contribution in [3.05, 3.63) is 29.8 Å². The van der Waals surface area contributed by atoms with Gasteiger partial charge in [-0.3, -0.25) is 15.5 Å². The summed E-state index contributed by atoms with van der Waals surface area (Å²) in [4.78, 5) is 16.9. The van der Waals surface area contributed by atoms with Gasteiger partial charge in [-0.15, -0.1) is 0 Å². The number of para-hydroxylation sites is 1. The monoisotopic (exact) mass is 207 g/mol. The quantitative estimate of drug-likeness (QED) is 0.444. The highest BCUT2D eigenvalue weighted by molar-refractivity contribution is 6.02. The molecule has 0 unspecified atom stereocenters. The van der Waals surface area contributed by atoms with E-state index in [9.17, 15) is 4.79 Å². The van der Waals surface area contributed by atoms with Crippen LogP contribution < -0.4 is 5.48 Å². The Kier molecular flexibility index (Phi) is 3.82. The van der Waals surface area contributed by atoms with Gasteiger partial charge in [-0.25, -0.2) is 0 Å². The number of anilines is 1. The number of carbonyl (C=O) groups is 1. The lowest BCUT2D eigenvalue weighted by atomic mass is 10.2. The van der Waals surface area contributed by atoms with E-state index in [-0.39, 0.29) is 0 Å². The number of benzene rings is 1. The number of carbonyl (C=O) groups excluding carboxylic acids is 1.